The van der Waals surface area contributed by atoms with E-state index in [0.29, 0.717) is 11.6 Å². The van der Waals surface area contributed by atoms with Gasteiger partial charge < -0.3 is 15.3 Å². The Labute approximate surface area is 137 Å². The molecule has 1 atom stereocenters. The van der Waals surface area contributed by atoms with Crippen molar-refractivity contribution >= 4 is 17.6 Å². The predicted molar refractivity (Wildman–Crippen MR) is 90.7 cm³/mol. The molecule has 23 heavy (non-hydrogen) atoms. The molecule has 0 radical (unpaired) electrons. The van der Waals surface area contributed by atoms with E-state index in [4.69, 9.17) is 5.11 Å². The summed E-state index contributed by atoms with van der Waals surface area (Å²) in [5.74, 6) is -1.61. The van der Waals surface area contributed by atoms with Gasteiger partial charge in [0.2, 0.25) is 0 Å². The molecule has 1 saturated carbocycles. The zero-order chi connectivity index (χ0) is 16.8. The molecule has 0 spiro atoms. The van der Waals surface area contributed by atoms with Crippen LogP contribution in [-0.2, 0) is 4.79 Å². The molecular formula is C18H26N2O3. The van der Waals surface area contributed by atoms with Crippen molar-refractivity contribution in [1.29, 1.82) is 0 Å². The molecule has 0 bridgehead atoms. The molecule has 126 valence electrons. The second-order valence-corrected chi connectivity index (χ2v) is 6.45. The largest absolute Gasteiger partial charge is 0.481 e. The van der Waals surface area contributed by atoms with Gasteiger partial charge in [0.25, 0.3) is 5.91 Å². The number of carbonyl (C=O) groups is 2. The van der Waals surface area contributed by atoms with Crippen LogP contribution in [0.5, 0.6) is 0 Å². The van der Waals surface area contributed by atoms with Crippen LogP contribution in [0.2, 0.25) is 0 Å². The van der Waals surface area contributed by atoms with Crippen LogP contribution in [0, 0.1) is 5.92 Å². The van der Waals surface area contributed by atoms with Crippen LogP contribution in [0.15, 0.2) is 24.3 Å². The standard InChI is InChI=1S/C18H26N2O3/c1-13(18(22)23)12-20(2)17(21)15-10-6-7-11-16(15)19-14-8-4-3-5-9-14/h6-7,10-11,13-14,19H,3-5,8-9,12H2,1-2H3,(H,22,23). The van der Waals surface area contributed by atoms with Crippen LogP contribution in [-0.4, -0.2) is 41.5 Å². The number of nitrogens with zero attached hydrogens (tertiary/aromatic N) is 1. The molecule has 0 aromatic heterocycles. The third kappa shape index (κ3) is 4.71. The highest BCUT2D eigenvalue weighted by molar-refractivity contribution is 5.99. The van der Waals surface area contributed by atoms with Crippen LogP contribution in [0.3, 0.4) is 0 Å². The maximum absolute atomic E-state index is 12.7. The number of carbonyl (C=O) groups excluding carboxylic acids is 1. The van der Waals surface area contributed by atoms with Crippen molar-refractivity contribution in [3.05, 3.63) is 29.8 Å². The molecule has 0 heterocycles. The number of carboxylic acid groups (broad SMARTS) is 1. The van der Waals surface area contributed by atoms with E-state index in [0.717, 1.165) is 18.5 Å². The Hall–Kier alpha value is -2.04. The molecule has 5 nitrogen and oxygen atoms in total. The lowest BCUT2D eigenvalue weighted by atomic mass is 9.95. The van der Waals surface area contributed by atoms with Crippen LogP contribution < -0.4 is 5.32 Å². The van der Waals surface area contributed by atoms with Gasteiger partial charge in [-0.1, -0.05) is 38.3 Å². The van der Waals surface area contributed by atoms with E-state index < -0.39 is 11.9 Å². The summed E-state index contributed by atoms with van der Waals surface area (Å²) < 4.78 is 0. The summed E-state index contributed by atoms with van der Waals surface area (Å²) in [5, 5.41) is 12.5. The SMILES string of the molecule is CC(CN(C)C(=O)c1ccccc1NC1CCCCC1)C(=O)O. The van der Waals surface area contributed by atoms with E-state index in [1.165, 1.54) is 24.2 Å². The van der Waals surface area contributed by atoms with Gasteiger partial charge in [-0.15, -0.1) is 0 Å². The fourth-order valence-corrected chi connectivity index (χ4v) is 3.04. The lowest BCUT2D eigenvalue weighted by Gasteiger charge is -2.26. The molecule has 1 aliphatic carbocycles. The van der Waals surface area contributed by atoms with Crippen molar-refractivity contribution in [1.82, 2.24) is 4.90 Å². The molecule has 0 aliphatic heterocycles. The Morgan fingerprint density at radius 1 is 1.26 bits per heavy atom. The maximum atomic E-state index is 12.7. The number of anilines is 1. The number of nitrogens with one attached hydrogen (secondary N) is 1. The van der Waals surface area contributed by atoms with Crippen molar-refractivity contribution in [2.75, 3.05) is 18.9 Å². The van der Waals surface area contributed by atoms with Gasteiger partial charge in [-0.25, -0.2) is 0 Å². The Morgan fingerprint density at radius 3 is 2.57 bits per heavy atom. The smallest absolute Gasteiger partial charge is 0.308 e. The highest BCUT2D eigenvalue weighted by atomic mass is 16.4. The average molecular weight is 318 g/mol. The minimum absolute atomic E-state index is 0.142. The van der Waals surface area contributed by atoms with Gasteiger partial charge in [-0.2, -0.15) is 0 Å². The summed E-state index contributed by atoms with van der Waals surface area (Å²) in [6.07, 6.45) is 6.00. The molecule has 1 amide bonds. The number of carboxylic acids is 1. The minimum atomic E-state index is -0.890. The van der Waals surface area contributed by atoms with Gasteiger partial charge in [0.1, 0.15) is 0 Å². The van der Waals surface area contributed by atoms with E-state index in [9.17, 15) is 9.59 Å². The van der Waals surface area contributed by atoms with E-state index >= 15 is 0 Å². The second-order valence-electron chi connectivity index (χ2n) is 6.45. The fraction of sp³-hybridized carbons (Fsp3) is 0.556. The summed E-state index contributed by atoms with van der Waals surface area (Å²) in [4.78, 5) is 25.1. The average Bonchev–Trinajstić information content (AvgIpc) is 2.55. The first-order valence-corrected chi connectivity index (χ1v) is 8.33. The zero-order valence-corrected chi connectivity index (χ0v) is 13.9. The van der Waals surface area contributed by atoms with Crippen LogP contribution >= 0.6 is 0 Å². The number of aliphatic carboxylic acids is 1. The third-order valence-electron chi connectivity index (χ3n) is 4.44. The van der Waals surface area contributed by atoms with E-state index in [1.54, 1.807) is 20.0 Å². The van der Waals surface area contributed by atoms with Gasteiger partial charge >= 0.3 is 5.97 Å². The van der Waals surface area contributed by atoms with Gasteiger partial charge in [-0.3, -0.25) is 9.59 Å². The van der Waals surface area contributed by atoms with Gasteiger partial charge in [0.05, 0.1) is 11.5 Å². The lowest BCUT2D eigenvalue weighted by molar-refractivity contribution is -0.141. The summed E-state index contributed by atoms with van der Waals surface area (Å²) in [7, 11) is 1.65. The fourth-order valence-electron chi connectivity index (χ4n) is 3.04. The van der Waals surface area contributed by atoms with Gasteiger partial charge in [0, 0.05) is 25.3 Å². The Kier molecular flexibility index (Phi) is 6.02. The topological polar surface area (TPSA) is 69.6 Å². The van der Waals surface area contributed by atoms with Crippen LogP contribution in [0.1, 0.15) is 49.4 Å². The first-order valence-electron chi connectivity index (χ1n) is 8.33. The number of hydrogen-bond donors (Lipinski definition) is 2. The third-order valence-corrected chi connectivity index (χ3v) is 4.44. The molecule has 5 heteroatoms. The second kappa shape index (κ2) is 7.99. The predicted octanol–water partition coefficient (Wildman–Crippen LogP) is 3.22. The number of amides is 1. The van der Waals surface area contributed by atoms with Crippen molar-refractivity contribution in [3.63, 3.8) is 0 Å². The normalized spacial score (nSPS) is 16.6. The molecule has 2 rings (SSSR count). The van der Waals surface area contributed by atoms with Crippen molar-refractivity contribution < 1.29 is 14.7 Å². The Bertz CT molecular complexity index is 553. The van der Waals surface area contributed by atoms with E-state index in [1.807, 2.05) is 18.2 Å². The number of benzene rings is 1. The van der Waals surface area contributed by atoms with Gasteiger partial charge in [0.15, 0.2) is 0 Å². The monoisotopic (exact) mass is 318 g/mol. The summed E-state index contributed by atoms with van der Waals surface area (Å²) in [6, 6.07) is 7.90. The van der Waals surface area contributed by atoms with Crippen LogP contribution in [0.25, 0.3) is 0 Å². The highest BCUT2D eigenvalue weighted by Gasteiger charge is 2.21. The molecule has 1 fully saturated rings. The van der Waals surface area contributed by atoms with Crippen LogP contribution in [0.4, 0.5) is 5.69 Å². The first kappa shape index (κ1) is 17.3. The van der Waals surface area contributed by atoms with E-state index in [-0.39, 0.29) is 12.5 Å². The number of hydrogen-bond acceptors (Lipinski definition) is 3. The highest BCUT2D eigenvalue weighted by Crippen LogP contribution is 2.24. The van der Waals surface area contributed by atoms with Gasteiger partial charge in [-0.05, 0) is 25.0 Å². The Balaban J connectivity index is 2.08. The molecule has 0 saturated heterocycles. The first-order chi connectivity index (χ1) is 11.0. The summed E-state index contributed by atoms with van der Waals surface area (Å²) >= 11 is 0. The van der Waals surface area contributed by atoms with Crippen molar-refractivity contribution in [3.8, 4) is 0 Å². The molecule has 1 aromatic carbocycles. The zero-order valence-electron chi connectivity index (χ0n) is 13.9. The molecule has 1 aromatic rings. The van der Waals surface area contributed by atoms with E-state index in [2.05, 4.69) is 5.32 Å². The molecule has 1 aliphatic rings. The molecule has 1 unspecified atom stereocenters. The summed E-state index contributed by atoms with van der Waals surface area (Å²) in [5.41, 5.74) is 1.46. The van der Waals surface area contributed by atoms with Crippen molar-refractivity contribution in [2.45, 2.75) is 45.1 Å². The number of para-hydroxylation sites is 1. The summed E-state index contributed by atoms with van der Waals surface area (Å²) in [6.45, 7) is 1.81. The van der Waals surface area contributed by atoms with Crippen molar-refractivity contribution in [2.24, 2.45) is 5.92 Å². The Morgan fingerprint density at radius 2 is 1.91 bits per heavy atom. The minimum Gasteiger partial charge on any atom is -0.481 e. The number of rotatable bonds is 6. The molecular weight excluding hydrogens is 292 g/mol. The quantitative estimate of drug-likeness (QED) is 0.845. The maximum Gasteiger partial charge on any atom is 0.308 e. The molecule has 2 N–H and O–H groups in total. The lowest BCUT2D eigenvalue weighted by Crippen LogP contribution is -2.34.